The summed E-state index contributed by atoms with van der Waals surface area (Å²) in [5, 5.41) is 1.55. The highest BCUT2D eigenvalue weighted by molar-refractivity contribution is 8.03. The first kappa shape index (κ1) is 12.9. The minimum absolute atomic E-state index is 0.321. The fourth-order valence-corrected chi connectivity index (χ4v) is 4.73. The molecule has 0 spiro atoms. The molecule has 3 heterocycles. The van der Waals surface area contributed by atoms with Gasteiger partial charge in [0.2, 0.25) is 5.95 Å². The molecule has 0 aliphatic carbocycles. The van der Waals surface area contributed by atoms with Gasteiger partial charge in [-0.1, -0.05) is 30.5 Å². The number of hydrogen-bond acceptors (Lipinski definition) is 6. The van der Waals surface area contributed by atoms with Gasteiger partial charge in [0.05, 0.1) is 9.92 Å². The van der Waals surface area contributed by atoms with Gasteiger partial charge in [0, 0.05) is 23.2 Å². The zero-order valence-electron chi connectivity index (χ0n) is 10.8. The Kier molecular flexibility index (Phi) is 3.22. The highest BCUT2D eigenvalue weighted by atomic mass is 32.2. The maximum Gasteiger partial charge on any atom is 0.222 e. The van der Waals surface area contributed by atoms with Crippen LogP contribution in [0.2, 0.25) is 0 Å². The third-order valence-corrected chi connectivity index (χ3v) is 5.88. The lowest BCUT2D eigenvalue weighted by Crippen LogP contribution is -2.32. The molecular formula is C13H16N4S2. The standard InChI is InChI=1S/C13H16N4S2/c1-7(2)10-4-9(6-18-10)17-8(3)19-11-5-15-13(14)16-12(11)17/h5,9-10H,1,3-4,6H2,2H3,(H2,14,15,16). The summed E-state index contributed by atoms with van der Waals surface area (Å²) in [5.74, 6) is 2.30. The molecule has 0 aromatic carbocycles. The van der Waals surface area contributed by atoms with Crippen molar-refractivity contribution in [2.45, 2.75) is 29.5 Å². The van der Waals surface area contributed by atoms with E-state index in [-0.39, 0.29) is 0 Å². The molecule has 1 fully saturated rings. The van der Waals surface area contributed by atoms with Gasteiger partial charge in [-0.2, -0.15) is 16.7 Å². The van der Waals surface area contributed by atoms with Gasteiger partial charge in [0.25, 0.3) is 0 Å². The van der Waals surface area contributed by atoms with Crippen molar-refractivity contribution >= 4 is 35.3 Å². The largest absolute Gasteiger partial charge is 0.368 e. The van der Waals surface area contributed by atoms with E-state index in [0.717, 1.165) is 27.9 Å². The highest BCUT2D eigenvalue weighted by Gasteiger charge is 2.37. The van der Waals surface area contributed by atoms with Crippen LogP contribution in [0.4, 0.5) is 11.8 Å². The van der Waals surface area contributed by atoms with E-state index in [4.69, 9.17) is 5.73 Å². The van der Waals surface area contributed by atoms with Gasteiger partial charge in [-0.15, -0.1) is 0 Å². The van der Waals surface area contributed by atoms with E-state index >= 15 is 0 Å². The molecule has 4 nitrogen and oxygen atoms in total. The summed E-state index contributed by atoms with van der Waals surface area (Å²) in [6, 6.07) is 0.419. The Bertz CT molecular complexity index is 558. The third kappa shape index (κ3) is 2.23. The van der Waals surface area contributed by atoms with Crippen molar-refractivity contribution in [3.8, 4) is 0 Å². The Labute approximate surface area is 121 Å². The van der Waals surface area contributed by atoms with E-state index in [2.05, 4.69) is 34.9 Å². The summed E-state index contributed by atoms with van der Waals surface area (Å²) >= 11 is 3.58. The Balaban J connectivity index is 1.88. The van der Waals surface area contributed by atoms with E-state index in [1.807, 2.05) is 11.8 Å². The number of nitrogens with zero attached hydrogens (tertiary/aromatic N) is 3. The molecular weight excluding hydrogens is 276 g/mol. The van der Waals surface area contributed by atoms with Gasteiger partial charge in [0.1, 0.15) is 0 Å². The van der Waals surface area contributed by atoms with Gasteiger partial charge < -0.3 is 10.6 Å². The van der Waals surface area contributed by atoms with Gasteiger partial charge in [-0.05, 0) is 13.3 Å². The van der Waals surface area contributed by atoms with E-state index in [1.165, 1.54) is 5.57 Å². The number of thioether (sulfide) groups is 2. The minimum atomic E-state index is 0.321. The number of nitrogen functional groups attached to an aromatic ring is 1. The van der Waals surface area contributed by atoms with Crippen molar-refractivity contribution in [3.63, 3.8) is 0 Å². The first-order chi connectivity index (χ1) is 9.06. The van der Waals surface area contributed by atoms with Crippen molar-refractivity contribution in [3.05, 3.63) is 30.0 Å². The van der Waals surface area contributed by atoms with Gasteiger partial charge in [0.15, 0.2) is 5.82 Å². The summed E-state index contributed by atoms with van der Waals surface area (Å²) in [5.41, 5.74) is 6.95. The molecule has 6 heteroatoms. The minimum Gasteiger partial charge on any atom is -0.368 e. The average Bonchev–Trinajstić information content (AvgIpc) is 2.92. The molecule has 0 amide bonds. The predicted molar refractivity (Wildman–Crippen MR) is 83.4 cm³/mol. The van der Waals surface area contributed by atoms with Crippen LogP contribution in [0.5, 0.6) is 0 Å². The zero-order valence-corrected chi connectivity index (χ0v) is 12.4. The van der Waals surface area contributed by atoms with E-state index < -0.39 is 0 Å². The second-order valence-corrected chi connectivity index (χ2v) is 7.19. The van der Waals surface area contributed by atoms with Crippen molar-refractivity contribution in [2.75, 3.05) is 16.4 Å². The molecule has 0 radical (unpaired) electrons. The molecule has 1 aromatic heterocycles. The van der Waals surface area contributed by atoms with Crippen molar-refractivity contribution in [2.24, 2.45) is 0 Å². The Morgan fingerprint density at radius 2 is 2.37 bits per heavy atom. The number of hydrogen-bond donors (Lipinski definition) is 1. The molecule has 2 aliphatic rings. The van der Waals surface area contributed by atoms with Crippen LogP contribution >= 0.6 is 23.5 Å². The lowest BCUT2D eigenvalue weighted by Gasteiger charge is -2.25. The van der Waals surface area contributed by atoms with E-state index in [1.54, 1.807) is 18.0 Å². The van der Waals surface area contributed by atoms with Crippen LogP contribution in [0.1, 0.15) is 13.3 Å². The normalized spacial score (nSPS) is 25.7. The number of rotatable bonds is 2. The lowest BCUT2D eigenvalue weighted by molar-refractivity contribution is 0.676. The van der Waals surface area contributed by atoms with Crippen molar-refractivity contribution in [1.29, 1.82) is 0 Å². The molecule has 0 saturated carbocycles. The van der Waals surface area contributed by atoms with Gasteiger partial charge in [-0.3, -0.25) is 0 Å². The van der Waals surface area contributed by atoms with Crippen LogP contribution in [0.15, 0.2) is 34.9 Å². The molecule has 2 unspecified atom stereocenters. The molecule has 2 atom stereocenters. The topological polar surface area (TPSA) is 55.0 Å². The molecule has 1 aromatic rings. The molecule has 0 bridgehead atoms. The van der Waals surface area contributed by atoms with Crippen LogP contribution in [0, 0.1) is 0 Å². The van der Waals surface area contributed by atoms with E-state index in [9.17, 15) is 0 Å². The number of aromatic nitrogens is 2. The Morgan fingerprint density at radius 1 is 1.58 bits per heavy atom. The number of fused-ring (bicyclic) bond motifs is 1. The second kappa shape index (κ2) is 4.76. The van der Waals surface area contributed by atoms with Crippen LogP contribution in [-0.4, -0.2) is 27.0 Å². The van der Waals surface area contributed by atoms with Crippen LogP contribution in [-0.2, 0) is 0 Å². The Morgan fingerprint density at radius 3 is 3.05 bits per heavy atom. The van der Waals surface area contributed by atoms with Crippen LogP contribution in [0.25, 0.3) is 0 Å². The predicted octanol–water partition coefficient (Wildman–Crippen LogP) is 2.89. The maximum absolute atomic E-state index is 5.71. The lowest BCUT2D eigenvalue weighted by atomic mass is 10.1. The van der Waals surface area contributed by atoms with Gasteiger partial charge in [-0.25, -0.2) is 4.98 Å². The summed E-state index contributed by atoms with van der Waals surface area (Å²) in [6.07, 6.45) is 2.87. The summed E-state index contributed by atoms with van der Waals surface area (Å²) < 4.78 is 0. The van der Waals surface area contributed by atoms with Crippen molar-refractivity contribution < 1.29 is 0 Å². The second-order valence-electron chi connectivity index (χ2n) is 4.84. The zero-order chi connectivity index (χ0) is 13.6. The quantitative estimate of drug-likeness (QED) is 0.846. The first-order valence-electron chi connectivity index (χ1n) is 6.11. The number of nitrogens with two attached hydrogens (primary N) is 1. The summed E-state index contributed by atoms with van der Waals surface area (Å²) in [4.78, 5) is 11.7. The van der Waals surface area contributed by atoms with Crippen LogP contribution < -0.4 is 10.6 Å². The summed E-state index contributed by atoms with van der Waals surface area (Å²) in [7, 11) is 0. The molecule has 1 saturated heterocycles. The SMILES string of the molecule is C=C(C)C1CC(N2C(=C)Sc3cnc(N)nc32)CS1. The van der Waals surface area contributed by atoms with Gasteiger partial charge >= 0.3 is 0 Å². The number of anilines is 2. The molecule has 3 rings (SSSR count). The smallest absolute Gasteiger partial charge is 0.222 e. The van der Waals surface area contributed by atoms with Crippen molar-refractivity contribution in [1.82, 2.24) is 9.97 Å². The fourth-order valence-electron chi connectivity index (χ4n) is 2.42. The molecule has 2 aliphatic heterocycles. The first-order valence-corrected chi connectivity index (χ1v) is 7.98. The summed E-state index contributed by atoms with van der Waals surface area (Å²) in [6.45, 7) is 10.3. The van der Waals surface area contributed by atoms with Crippen LogP contribution in [0.3, 0.4) is 0 Å². The molecule has 19 heavy (non-hydrogen) atoms. The molecule has 100 valence electrons. The maximum atomic E-state index is 5.71. The average molecular weight is 292 g/mol. The third-order valence-electron chi connectivity index (χ3n) is 3.37. The van der Waals surface area contributed by atoms with E-state index in [0.29, 0.717) is 17.2 Å². The highest BCUT2D eigenvalue weighted by Crippen LogP contribution is 2.48. The molecule has 2 N–H and O–H groups in total. The Hall–Kier alpha value is -1.14. The fraction of sp³-hybridized carbons (Fsp3) is 0.385. The monoisotopic (exact) mass is 292 g/mol.